The van der Waals surface area contributed by atoms with Gasteiger partial charge in [0.2, 0.25) is 5.91 Å². The number of hydrogen-bond donors (Lipinski definition) is 10. The van der Waals surface area contributed by atoms with Crippen LogP contribution in [0.1, 0.15) is 36.4 Å². The van der Waals surface area contributed by atoms with Crippen molar-refractivity contribution in [3.63, 3.8) is 0 Å². The SMILES string of the molecule is COc1c(C(O)N[C@@H](CNC(=O)CCC(O)c2cc(O)cc(NC3=NCC(O)CN3)c2)C(=O)O)[nH]c2ccccc12. The molecule has 2 heterocycles. The second kappa shape index (κ2) is 13.3. The van der Waals surface area contributed by atoms with Crippen molar-refractivity contribution in [2.45, 2.75) is 37.3 Å². The number of carbonyl (C=O) groups excluding carboxylic acids is 1. The van der Waals surface area contributed by atoms with E-state index in [-0.39, 0.29) is 37.4 Å². The van der Waals surface area contributed by atoms with Crippen LogP contribution < -0.4 is 26.0 Å². The topological polar surface area (TPSA) is 221 Å². The summed E-state index contributed by atoms with van der Waals surface area (Å²) in [6, 6.07) is 10.3. The van der Waals surface area contributed by atoms with Crippen molar-refractivity contribution in [3.8, 4) is 11.5 Å². The number of aliphatic carboxylic acids is 1. The first-order valence-electron chi connectivity index (χ1n) is 13.0. The molecule has 0 saturated carbocycles. The summed E-state index contributed by atoms with van der Waals surface area (Å²) in [6.45, 7) is 0.227. The van der Waals surface area contributed by atoms with E-state index in [0.717, 1.165) is 5.39 Å². The van der Waals surface area contributed by atoms with Crippen LogP contribution in [0.2, 0.25) is 0 Å². The van der Waals surface area contributed by atoms with Crippen molar-refractivity contribution in [1.29, 1.82) is 0 Å². The molecule has 0 bridgehead atoms. The third-order valence-corrected chi connectivity index (χ3v) is 6.52. The number of carboxylic acids is 1. The van der Waals surface area contributed by atoms with Crippen LogP contribution in [-0.2, 0) is 9.59 Å². The van der Waals surface area contributed by atoms with Gasteiger partial charge in [0, 0.05) is 42.2 Å². The molecule has 0 radical (unpaired) electrons. The lowest BCUT2D eigenvalue weighted by Gasteiger charge is -2.21. The number of aliphatic hydroxyl groups is 3. The number of aromatic nitrogens is 1. The number of β-amino-alcohol motifs (C(OH)–C–C–N with tert-alkyl or cyclic N) is 1. The van der Waals surface area contributed by atoms with Gasteiger partial charge < -0.3 is 51.2 Å². The van der Waals surface area contributed by atoms with Crippen molar-refractivity contribution in [3.05, 3.63) is 53.7 Å². The highest BCUT2D eigenvalue weighted by molar-refractivity contribution is 5.94. The van der Waals surface area contributed by atoms with E-state index in [1.807, 2.05) is 12.1 Å². The van der Waals surface area contributed by atoms with Gasteiger partial charge in [-0.1, -0.05) is 12.1 Å². The van der Waals surface area contributed by atoms with Gasteiger partial charge in [-0.05, 0) is 36.2 Å². The molecule has 0 saturated heterocycles. The van der Waals surface area contributed by atoms with Crippen LogP contribution in [0.3, 0.4) is 0 Å². The quantitative estimate of drug-likeness (QED) is 0.133. The number of hydrogen-bond acceptors (Lipinski definition) is 11. The van der Waals surface area contributed by atoms with E-state index in [1.54, 1.807) is 18.2 Å². The van der Waals surface area contributed by atoms with E-state index in [2.05, 4.69) is 31.2 Å². The summed E-state index contributed by atoms with van der Waals surface area (Å²) in [6.07, 6.45) is -3.23. The number of H-pyrrole nitrogens is 1. The van der Waals surface area contributed by atoms with Gasteiger partial charge in [-0.2, -0.15) is 0 Å². The van der Waals surface area contributed by atoms with Crippen LogP contribution in [0.5, 0.6) is 11.5 Å². The Morgan fingerprint density at radius 2 is 1.98 bits per heavy atom. The van der Waals surface area contributed by atoms with E-state index in [9.17, 15) is 35.1 Å². The number of anilines is 1. The first kappa shape index (κ1) is 29.6. The second-order valence-corrected chi connectivity index (χ2v) is 9.60. The standard InChI is InChI=1S/C27H34N6O8/c1-41-24-18-4-2-3-5-19(18)32-23(24)25(38)33-20(26(39)40)13-28-22(37)7-6-21(36)14-8-15(10-16(34)9-14)31-27-29-11-17(35)12-30-27/h2-5,8-10,17,20-21,25,32-36,38H,6-7,11-13H2,1H3,(H,28,37)(H,39,40)(H2,29,30,31)/t20-,21?,25?/m0/s1. The van der Waals surface area contributed by atoms with Crippen molar-refractivity contribution >= 4 is 34.4 Å². The molecule has 4 rings (SSSR count). The van der Waals surface area contributed by atoms with Crippen molar-refractivity contribution < 1.29 is 39.9 Å². The molecule has 14 heteroatoms. The minimum Gasteiger partial charge on any atom is -0.508 e. The minimum atomic E-state index is -1.43. The summed E-state index contributed by atoms with van der Waals surface area (Å²) in [5.41, 5.74) is 1.76. The highest BCUT2D eigenvalue weighted by Crippen LogP contribution is 2.33. The van der Waals surface area contributed by atoms with E-state index >= 15 is 0 Å². The molecule has 3 unspecified atom stereocenters. The van der Waals surface area contributed by atoms with Gasteiger partial charge in [0.15, 0.2) is 11.7 Å². The monoisotopic (exact) mass is 570 g/mol. The molecular formula is C27H34N6O8. The number of nitrogens with one attached hydrogen (secondary N) is 5. The number of fused-ring (bicyclic) bond motifs is 1. The number of methoxy groups -OCH3 is 1. The first-order chi connectivity index (χ1) is 19.6. The number of carboxylic acid groups (broad SMARTS) is 1. The first-order valence-corrected chi connectivity index (χ1v) is 13.0. The number of aliphatic hydroxyl groups excluding tert-OH is 3. The number of ether oxygens (including phenoxy) is 1. The molecule has 0 aliphatic carbocycles. The zero-order valence-corrected chi connectivity index (χ0v) is 22.3. The Bertz CT molecular complexity index is 1410. The molecule has 1 aromatic heterocycles. The number of rotatable bonds is 12. The molecule has 2 aromatic carbocycles. The lowest BCUT2D eigenvalue weighted by atomic mass is 10.0. The minimum absolute atomic E-state index is 0.000169. The molecule has 0 spiro atoms. The maximum absolute atomic E-state index is 12.5. The Kier molecular flexibility index (Phi) is 9.62. The molecule has 1 aliphatic rings. The summed E-state index contributed by atoms with van der Waals surface area (Å²) < 4.78 is 5.40. The molecule has 41 heavy (non-hydrogen) atoms. The number of nitrogens with zero attached hydrogens (tertiary/aromatic N) is 1. The number of aliphatic imine (C=N–C) groups is 1. The predicted octanol–water partition coefficient (Wildman–Crippen LogP) is 0.278. The van der Waals surface area contributed by atoms with Gasteiger partial charge in [-0.15, -0.1) is 0 Å². The Morgan fingerprint density at radius 3 is 2.68 bits per heavy atom. The average molecular weight is 571 g/mol. The van der Waals surface area contributed by atoms with Gasteiger partial charge in [-0.25, -0.2) is 0 Å². The largest absolute Gasteiger partial charge is 0.508 e. The Morgan fingerprint density at radius 1 is 1.20 bits per heavy atom. The maximum Gasteiger partial charge on any atom is 0.322 e. The number of phenols is 1. The van der Waals surface area contributed by atoms with Crippen molar-refractivity contribution in [2.75, 3.05) is 32.1 Å². The summed E-state index contributed by atoms with van der Waals surface area (Å²) in [4.78, 5) is 31.4. The molecule has 3 aromatic rings. The van der Waals surface area contributed by atoms with Crippen LogP contribution in [0.25, 0.3) is 10.9 Å². The van der Waals surface area contributed by atoms with E-state index in [1.165, 1.54) is 19.2 Å². The number of carbonyl (C=O) groups is 2. The number of aromatic amines is 1. The van der Waals surface area contributed by atoms with Gasteiger partial charge in [0.05, 0.1) is 25.9 Å². The lowest BCUT2D eigenvalue weighted by molar-refractivity contribution is -0.140. The van der Waals surface area contributed by atoms with E-state index in [0.29, 0.717) is 35.0 Å². The van der Waals surface area contributed by atoms with Gasteiger partial charge in [0.25, 0.3) is 0 Å². The maximum atomic E-state index is 12.5. The van der Waals surface area contributed by atoms with Crippen LogP contribution in [0, 0.1) is 0 Å². The zero-order valence-electron chi connectivity index (χ0n) is 22.3. The fraction of sp³-hybridized carbons (Fsp3) is 0.370. The molecule has 4 atom stereocenters. The number of amides is 1. The molecule has 0 fully saturated rings. The van der Waals surface area contributed by atoms with Gasteiger partial charge >= 0.3 is 5.97 Å². The molecule has 10 N–H and O–H groups in total. The van der Waals surface area contributed by atoms with Crippen LogP contribution in [0.4, 0.5) is 5.69 Å². The predicted molar refractivity (Wildman–Crippen MR) is 150 cm³/mol. The van der Waals surface area contributed by atoms with Gasteiger partial charge in [0.1, 0.15) is 23.7 Å². The smallest absolute Gasteiger partial charge is 0.322 e. The molecule has 14 nitrogen and oxygen atoms in total. The van der Waals surface area contributed by atoms with E-state index in [4.69, 9.17) is 4.74 Å². The highest BCUT2D eigenvalue weighted by Gasteiger charge is 2.26. The third-order valence-electron chi connectivity index (χ3n) is 6.52. The highest BCUT2D eigenvalue weighted by atomic mass is 16.5. The molecule has 220 valence electrons. The van der Waals surface area contributed by atoms with Gasteiger partial charge in [-0.3, -0.25) is 19.9 Å². The van der Waals surface area contributed by atoms with Crippen molar-refractivity contribution in [2.24, 2.45) is 4.99 Å². The Balaban J connectivity index is 1.30. The summed E-state index contributed by atoms with van der Waals surface area (Å²) in [7, 11) is 1.44. The summed E-state index contributed by atoms with van der Waals surface area (Å²) in [5.74, 6) is -1.12. The zero-order chi connectivity index (χ0) is 29.5. The molecule has 1 aliphatic heterocycles. The summed E-state index contributed by atoms with van der Waals surface area (Å²) in [5, 5.41) is 62.3. The molecule has 1 amide bonds. The fourth-order valence-electron chi connectivity index (χ4n) is 4.43. The number of aromatic hydroxyl groups is 1. The lowest BCUT2D eigenvalue weighted by Crippen LogP contribution is -2.47. The summed E-state index contributed by atoms with van der Waals surface area (Å²) >= 11 is 0. The number of phenolic OH excluding ortho intramolecular Hbond substituents is 1. The second-order valence-electron chi connectivity index (χ2n) is 9.60. The fourth-order valence-corrected chi connectivity index (χ4v) is 4.43. The Labute approximate surface area is 235 Å². The molecular weight excluding hydrogens is 536 g/mol. The number of benzene rings is 2. The Hall–Kier alpha value is -4.37. The average Bonchev–Trinajstić information content (AvgIpc) is 3.33. The third kappa shape index (κ3) is 7.64. The van der Waals surface area contributed by atoms with Crippen LogP contribution >= 0.6 is 0 Å². The van der Waals surface area contributed by atoms with Crippen LogP contribution in [-0.4, -0.2) is 87.2 Å². The number of guanidine groups is 1. The van der Waals surface area contributed by atoms with E-state index < -0.39 is 36.4 Å². The van der Waals surface area contributed by atoms with Crippen LogP contribution in [0.15, 0.2) is 47.5 Å². The van der Waals surface area contributed by atoms with Crippen molar-refractivity contribution in [1.82, 2.24) is 20.9 Å². The number of para-hydroxylation sites is 1. The normalized spacial score (nSPS) is 17.2.